The number of rotatable bonds is 3. The molecule has 0 saturated carbocycles. The van der Waals surface area contributed by atoms with Gasteiger partial charge in [-0.25, -0.2) is 4.98 Å². The molecule has 0 amide bonds. The maximum Gasteiger partial charge on any atom is 0.253 e. The third-order valence-electron chi connectivity index (χ3n) is 4.13. The summed E-state index contributed by atoms with van der Waals surface area (Å²) in [5, 5.41) is 0. The van der Waals surface area contributed by atoms with E-state index in [4.69, 9.17) is 4.74 Å². The minimum atomic E-state index is 0.0144. The van der Waals surface area contributed by atoms with Crippen molar-refractivity contribution < 1.29 is 4.74 Å². The van der Waals surface area contributed by atoms with Gasteiger partial charge in [-0.05, 0) is 42.8 Å². The normalized spacial score (nSPS) is 11.0. The number of benzene rings is 1. The lowest BCUT2D eigenvalue weighted by molar-refractivity contribution is 0.458. The van der Waals surface area contributed by atoms with Crippen LogP contribution in [-0.4, -0.2) is 14.0 Å². The topological polar surface area (TPSA) is 48.5 Å². The van der Waals surface area contributed by atoms with Gasteiger partial charge in [0.25, 0.3) is 5.56 Å². The Morgan fingerprint density at radius 3 is 2.56 bits per heavy atom. The Hall–Kier alpha value is -3.34. The molecule has 0 fully saturated rings. The lowest BCUT2D eigenvalue weighted by Gasteiger charge is -2.09. The summed E-state index contributed by atoms with van der Waals surface area (Å²) in [6.07, 6.45) is 5.52. The number of ether oxygens (including phenoxy) is 1. The van der Waals surface area contributed by atoms with Gasteiger partial charge in [0.2, 0.25) is 5.88 Å². The number of pyridine rings is 2. The van der Waals surface area contributed by atoms with Gasteiger partial charge in [-0.15, -0.1) is 0 Å². The third kappa shape index (κ3) is 2.80. The van der Waals surface area contributed by atoms with E-state index in [1.54, 1.807) is 17.8 Å². The summed E-state index contributed by atoms with van der Waals surface area (Å²) < 4.78 is 9.44. The van der Waals surface area contributed by atoms with Gasteiger partial charge in [0.1, 0.15) is 11.4 Å². The summed E-state index contributed by atoms with van der Waals surface area (Å²) in [6.45, 7) is 1.82. The highest BCUT2D eigenvalue weighted by molar-refractivity contribution is 5.65. The van der Waals surface area contributed by atoms with E-state index in [0.29, 0.717) is 11.4 Å². The van der Waals surface area contributed by atoms with Gasteiger partial charge >= 0.3 is 0 Å². The molecule has 3 heterocycles. The van der Waals surface area contributed by atoms with Gasteiger partial charge in [-0.3, -0.25) is 9.20 Å². The van der Waals surface area contributed by atoms with Crippen molar-refractivity contribution in [1.82, 2.24) is 14.0 Å². The molecule has 4 rings (SSSR count). The maximum absolute atomic E-state index is 11.9. The summed E-state index contributed by atoms with van der Waals surface area (Å²) in [4.78, 5) is 16.3. The van der Waals surface area contributed by atoms with Crippen LogP contribution in [0, 0.1) is 6.92 Å². The van der Waals surface area contributed by atoms with Crippen LogP contribution < -0.4 is 10.3 Å². The predicted octanol–water partition coefficient (Wildman–Crippen LogP) is 3.80. The molecule has 5 heteroatoms. The van der Waals surface area contributed by atoms with Crippen molar-refractivity contribution in [2.24, 2.45) is 7.05 Å². The standard InChI is InChI=1S/C20H17N3O2/c1-14-10-16(12-22(2)20(14)24)15-8-9-18-21-11-19(23(18)13-15)25-17-6-4-3-5-7-17/h3-13H,1-2H3. The molecule has 3 aromatic heterocycles. The van der Waals surface area contributed by atoms with Gasteiger partial charge in [-0.1, -0.05) is 18.2 Å². The van der Waals surface area contributed by atoms with Crippen molar-refractivity contribution in [1.29, 1.82) is 0 Å². The molecule has 0 unspecified atom stereocenters. The number of fused-ring (bicyclic) bond motifs is 1. The summed E-state index contributed by atoms with van der Waals surface area (Å²) >= 11 is 0. The smallest absolute Gasteiger partial charge is 0.253 e. The number of aryl methyl sites for hydroxylation is 2. The van der Waals surface area contributed by atoms with Crippen LogP contribution in [0.1, 0.15) is 5.56 Å². The van der Waals surface area contributed by atoms with E-state index in [1.165, 1.54) is 0 Å². The molecule has 4 aromatic rings. The first-order valence-corrected chi connectivity index (χ1v) is 7.99. The van der Waals surface area contributed by atoms with Gasteiger partial charge in [0.15, 0.2) is 0 Å². The Morgan fingerprint density at radius 2 is 1.80 bits per heavy atom. The quantitative estimate of drug-likeness (QED) is 0.574. The van der Waals surface area contributed by atoms with E-state index in [0.717, 1.165) is 22.5 Å². The van der Waals surface area contributed by atoms with Crippen LogP contribution in [0.2, 0.25) is 0 Å². The summed E-state index contributed by atoms with van der Waals surface area (Å²) in [5.41, 5.74) is 3.49. The van der Waals surface area contributed by atoms with Crippen molar-refractivity contribution in [3.05, 3.63) is 83.0 Å². The van der Waals surface area contributed by atoms with E-state index in [9.17, 15) is 4.79 Å². The minimum absolute atomic E-state index is 0.0144. The van der Waals surface area contributed by atoms with E-state index in [2.05, 4.69) is 4.98 Å². The fourth-order valence-electron chi connectivity index (χ4n) is 2.85. The van der Waals surface area contributed by atoms with Crippen LogP contribution in [0.15, 0.2) is 71.9 Å². The van der Waals surface area contributed by atoms with Gasteiger partial charge in [0.05, 0.1) is 6.20 Å². The lowest BCUT2D eigenvalue weighted by atomic mass is 10.1. The van der Waals surface area contributed by atoms with Crippen LogP contribution in [0.3, 0.4) is 0 Å². The van der Waals surface area contributed by atoms with Gasteiger partial charge in [0, 0.05) is 30.6 Å². The second-order valence-corrected chi connectivity index (χ2v) is 5.99. The largest absolute Gasteiger partial charge is 0.439 e. The average molecular weight is 331 g/mol. The van der Waals surface area contributed by atoms with Crippen LogP contribution >= 0.6 is 0 Å². The zero-order chi connectivity index (χ0) is 17.4. The molecule has 0 aliphatic carbocycles. The molecule has 124 valence electrons. The SMILES string of the molecule is Cc1cc(-c2ccc3ncc(Oc4ccccc4)n3c2)cn(C)c1=O. The average Bonchev–Trinajstić information content (AvgIpc) is 3.02. The third-order valence-corrected chi connectivity index (χ3v) is 4.13. The number of para-hydroxylation sites is 1. The molecule has 0 bridgehead atoms. The fourth-order valence-corrected chi connectivity index (χ4v) is 2.85. The second-order valence-electron chi connectivity index (χ2n) is 5.99. The molecule has 5 nitrogen and oxygen atoms in total. The van der Waals surface area contributed by atoms with Crippen LogP contribution in [0.5, 0.6) is 11.6 Å². The molecule has 0 saturated heterocycles. The van der Waals surface area contributed by atoms with Crippen molar-refractivity contribution >= 4 is 5.65 Å². The molecule has 0 aliphatic rings. The van der Waals surface area contributed by atoms with E-state index >= 15 is 0 Å². The van der Waals surface area contributed by atoms with Crippen molar-refractivity contribution in [2.75, 3.05) is 0 Å². The molecule has 0 aliphatic heterocycles. The Balaban J connectivity index is 1.80. The predicted molar refractivity (Wildman–Crippen MR) is 97.1 cm³/mol. The lowest BCUT2D eigenvalue weighted by Crippen LogP contribution is -2.18. The van der Waals surface area contributed by atoms with Crippen molar-refractivity contribution in [3.63, 3.8) is 0 Å². The summed E-state index contributed by atoms with van der Waals surface area (Å²) in [7, 11) is 1.76. The van der Waals surface area contributed by atoms with Crippen LogP contribution in [-0.2, 0) is 7.05 Å². The number of aromatic nitrogens is 3. The maximum atomic E-state index is 11.9. The Kier molecular flexibility index (Phi) is 3.61. The Bertz CT molecular complexity index is 1080. The van der Waals surface area contributed by atoms with Crippen LogP contribution in [0.25, 0.3) is 16.8 Å². The van der Waals surface area contributed by atoms with E-state index < -0.39 is 0 Å². The zero-order valence-electron chi connectivity index (χ0n) is 14.0. The van der Waals surface area contributed by atoms with Crippen molar-refractivity contribution in [3.8, 4) is 22.8 Å². The highest BCUT2D eigenvalue weighted by Crippen LogP contribution is 2.25. The molecule has 25 heavy (non-hydrogen) atoms. The van der Waals surface area contributed by atoms with Crippen molar-refractivity contribution in [2.45, 2.75) is 6.92 Å². The first-order valence-electron chi connectivity index (χ1n) is 7.99. The molecular weight excluding hydrogens is 314 g/mol. The monoisotopic (exact) mass is 331 g/mol. The molecule has 1 aromatic carbocycles. The number of hydrogen-bond acceptors (Lipinski definition) is 3. The number of nitrogens with zero attached hydrogens (tertiary/aromatic N) is 3. The molecule has 0 spiro atoms. The number of imidazole rings is 1. The molecule has 0 N–H and O–H groups in total. The number of hydrogen-bond donors (Lipinski definition) is 0. The first kappa shape index (κ1) is 15.2. The van der Waals surface area contributed by atoms with E-state index in [-0.39, 0.29) is 5.56 Å². The first-order chi connectivity index (χ1) is 12.1. The highest BCUT2D eigenvalue weighted by Gasteiger charge is 2.09. The second kappa shape index (κ2) is 5.94. The van der Waals surface area contributed by atoms with E-state index in [1.807, 2.05) is 72.2 Å². The Labute approximate surface area is 144 Å². The Morgan fingerprint density at radius 1 is 1.00 bits per heavy atom. The van der Waals surface area contributed by atoms with Gasteiger partial charge < -0.3 is 9.30 Å². The minimum Gasteiger partial charge on any atom is -0.439 e. The zero-order valence-corrected chi connectivity index (χ0v) is 14.0. The molecular formula is C20H17N3O2. The van der Waals surface area contributed by atoms with Crippen LogP contribution in [0.4, 0.5) is 0 Å². The molecule has 0 radical (unpaired) electrons. The molecule has 0 atom stereocenters. The fraction of sp³-hybridized carbons (Fsp3) is 0.100. The highest BCUT2D eigenvalue weighted by atomic mass is 16.5. The van der Waals surface area contributed by atoms with Gasteiger partial charge in [-0.2, -0.15) is 0 Å². The summed E-state index contributed by atoms with van der Waals surface area (Å²) in [6, 6.07) is 15.4. The summed E-state index contributed by atoms with van der Waals surface area (Å²) in [5.74, 6) is 1.40.